The molecule has 0 bridgehead atoms. The Hall–Kier alpha value is -1.55. The zero-order valence-corrected chi connectivity index (χ0v) is 17.9. The third-order valence-corrected chi connectivity index (χ3v) is 4.69. The summed E-state index contributed by atoms with van der Waals surface area (Å²) in [5.41, 5.74) is 1.95. The van der Waals surface area contributed by atoms with Crippen LogP contribution in [-0.4, -0.2) is 27.7 Å². The maximum absolute atomic E-state index is 11.8. The number of rotatable bonds is 3. The van der Waals surface area contributed by atoms with Gasteiger partial charge in [-0.1, -0.05) is 30.3 Å². The molecule has 0 amide bonds. The first kappa shape index (κ1) is 23.7. The third-order valence-electron chi connectivity index (χ3n) is 3.78. The van der Waals surface area contributed by atoms with E-state index in [1.807, 2.05) is 12.1 Å². The van der Waals surface area contributed by atoms with Crippen molar-refractivity contribution in [2.45, 2.75) is 12.6 Å². The monoisotopic (exact) mass is 555 g/mol. The molecule has 0 spiro atoms. The first-order valence-electron chi connectivity index (χ1n) is 8.11. The van der Waals surface area contributed by atoms with Gasteiger partial charge in [-0.05, 0) is 23.6 Å². The van der Waals surface area contributed by atoms with E-state index in [2.05, 4.69) is 34.2 Å². The Morgan fingerprint density at radius 2 is 1.41 bits per heavy atom. The first-order chi connectivity index (χ1) is 13.4. The molecule has 0 fully saturated rings. The van der Waals surface area contributed by atoms with Gasteiger partial charge >= 0.3 is 55.6 Å². The average molecular weight is 554 g/mol. The Morgan fingerprint density at radius 3 is 1.86 bits per heavy atom. The number of halogens is 3. The Morgan fingerprint density at radius 1 is 0.862 bits per heavy atom. The average Bonchev–Trinajstić information content (AvgIpc) is 3.23. The predicted octanol–water partition coefficient (Wildman–Crippen LogP) is 5.24. The summed E-state index contributed by atoms with van der Waals surface area (Å²) in [5, 5.41) is 3.84. The van der Waals surface area contributed by atoms with Gasteiger partial charge < -0.3 is 0 Å². The fourth-order valence-electron chi connectivity index (χ4n) is 2.45. The summed E-state index contributed by atoms with van der Waals surface area (Å²) in [6.45, 7) is 0. The summed E-state index contributed by atoms with van der Waals surface area (Å²) >= 11 is 1.01. The minimum Gasteiger partial charge on any atom is -0.293 e. The molecule has 0 aliphatic heterocycles. The van der Waals surface area contributed by atoms with Crippen LogP contribution in [0.2, 0.25) is 0 Å². The molecule has 0 N–H and O–H groups in total. The van der Waals surface area contributed by atoms with Gasteiger partial charge in [0.05, 0.1) is 22.3 Å². The number of fused-ring (bicyclic) bond motifs is 3. The number of hydrogen-bond donors (Lipinski definition) is 0. The van der Waals surface area contributed by atoms with Crippen molar-refractivity contribution in [3.63, 3.8) is 0 Å². The summed E-state index contributed by atoms with van der Waals surface area (Å²) in [6, 6.07) is 15.1. The minimum atomic E-state index is -4.92. The number of carbonyl (C=O) groups is 2. The van der Waals surface area contributed by atoms with E-state index >= 15 is 0 Å². The van der Waals surface area contributed by atoms with E-state index in [0.717, 1.165) is 33.1 Å². The van der Waals surface area contributed by atoms with Gasteiger partial charge in [-0.25, -0.2) is 0 Å². The van der Waals surface area contributed by atoms with E-state index in [1.54, 1.807) is 17.8 Å². The summed E-state index contributed by atoms with van der Waals surface area (Å²) in [6.07, 6.45) is -2.43. The van der Waals surface area contributed by atoms with Crippen LogP contribution in [0.4, 0.5) is 13.2 Å². The predicted molar refractivity (Wildman–Crippen MR) is 101 cm³/mol. The Balaban J connectivity index is 0.000000200. The smallest absolute Gasteiger partial charge is 0.293 e. The molecule has 0 aliphatic rings. The zero-order valence-electron chi connectivity index (χ0n) is 14.7. The van der Waals surface area contributed by atoms with E-state index in [1.165, 1.54) is 12.1 Å². The fourth-order valence-corrected chi connectivity index (χ4v) is 3.11. The zero-order chi connectivity index (χ0) is 20.1. The molecule has 9 heteroatoms. The van der Waals surface area contributed by atoms with Crippen LogP contribution >= 0.6 is 11.3 Å². The fraction of sp³-hybridized carbons (Fsp3) is 0.100. The second-order valence-corrected chi connectivity index (χ2v) is 6.66. The third kappa shape index (κ3) is 6.21. The molecule has 3 aromatic heterocycles. The van der Waals surface area contributed by atoms with Crippen LogP contribution in [0.3, 0.4) is 0 Å². The molecule has 1 aromatic carbocycles. The maximum atomic E-state index is 11.8. The molecular formula is C20H13EuF3N2O2S+3. The molecular weight excluding hydrogens is 541 g/mol. The number of nitrogens with zero attached hydrogens (tertiary/aromatic N) is 2. The number of thiophene rings is 1. The van der Waals surface area contributed by atoms with Crippen molar-refractivity contribution in [1.82, 2.24) is 9.97 Å². The Bertz CT molecular complexity index is 1080. The van der Waals surface area contributed by atoms with Crippen molar-refractivity contribution < 1.29 is 72.1 Å². The summed E-state index contributed by atoms with van der Waals surface area (Å²) in [5.74, 6) is -2.79. The van der Waals surface area contributed by atoms with Crippen molar-refractivity contribution in [1.29, 1.82) is 0 Å². The molecule has 0 unspecified atom stereocenters. The molecule has 0 atom stereocenters. The van der Waals surface area contributed by atoms with E-state index < -0.39 is 24.2 Å². The molecule has 4 rings (SSSR count). The van der Waals surface area contributed by atoms with Crippen LogP contribution in [0.25, 0.3) is 21.8 Å². The Labute approximate surface area is 208 Å². The summed E-state index contributed by atoms with van der Waals surface area (Å²) in [4.78, 5) is 30.3. The molecule has 0 radical (unpaired) electrons. The molecule has 29 heavy (non-hydrogen) atoms. The number of Topliss-reactive ketones (excluding diaryl/α,β-unsaturated/α-hetero) is 2. The SMILES string of the molecule is O=C(CC(=O)C(F)(F)F)c1cccs1.[Eu+3].c1cnc2c(c1)ccc1cccnc12. The van der Waals surface area contributed by atoms with Crippen molar-refractivity contribution in [3.05, 3.63) is 71.2 Å². The van der Waals surface area contributed by atoms with Crippen LogP contribution in [0.5, 0.6) is 0 Å². The van der Waals surface area contributed by atoms with Gasteiger partial charge in [-0.2, -0.15) is 13.2 Å². The first-order valence-corrected chi connectivity index (χ1v) is 8.99. The molecule has 4 aromatic rings. The van der Waals surface area contributed by atoms with E-state index in [9.17, 15) is 22.8 Å². The van der Waals surface area contributed by atoms with Gasteiger partial charge in [-0.3, -0.25) is 19.6 Å². The number of ketones is 2. The molecule has 3 heterocycles. The molecule has 146 valence electrons. The van der Waals surface area contributed by atoms with Crippen LogP contribution < -0.4 is 0 Å². The minimum absolute atomic E-state index is 0. The van der Waals surface area contributed by atoms with Crippen molar-refractivity contribution in [2.75, 3.05) is 0 Å². The number of hydrogen-bond acceptors (Lipinski definition) is 5. The second kappa shape index (κ2) is 10.5. The van der Waals surface area contributed by atoms with Gasteiger partial charge in [0.15, 0.2) is 5.78 Å². The van der Waals surface area contributed by atoms with Gasteiger partial charge in [-0.15, -0.1) is 11.3 Å². The standard InChI is InChI=1S/C12H8N2.C8H5F3O2S.Eu/c1-3-9-5-6-10-4-2-8-14-12(10)11(9)13-7-1;9-8(10,11)7(13)4-5(12)6-2-1-3-14-6;/h1-8H;1-3H,4H2;/q;;+3. The summed E-state index contributed by atoms with van der Waals surface area (Å²) in [7, 11) is 0. The van der Waals surface area contributed by atoms with E-state index in [0.29, 0.717) is 0 Å². The molecule has 0 saturated heterocycles. The molecule has 4 nitrogen and oxygen atoms in total. The maximum Gasteiger partial charge on any atom is 3.00 e. The van der Waals surface area contributed by atoms with Gasteiger partial charge in [0.25, 0.3) is 0 Å². The normalized spacial score (nSPS) is 10.7. The van der Waals surface area contributed by atoms with Crippen molar-refractivity contribution in [3.8, 4) is 0 Å². The van der Waals surface area contributed by atoms with Crippen LogP contribution in [0, 0.1) is 49.4 Å². The number of aromatic nitrogens is 2. The van der Waals surface area contributed by atoms with E-state index in [4.69, 9.17) is 0 Å². The largest absolute Gasteiger partial charge is 3.00 e. The quantitative estimate of drug-likeness (QED) is 0.198. The number of pyridine rings is 2. The van der Waals surface area contributed by atoms with Gasteiger partial charge in [0, 0.05) is 23.2 Å². The van der Waals surface area contributed by atoms with Gasteiger partial charge in [0.2, 0.25) is 5.78 Å². The van der Waals surface area contributed by atoms with Crippen molar-refractivity contribution >= 4 is 44.7 Å². The van der Waals surface area contributed by atoms with Crippen LogP contribution in [0.15, 0.2) is 66.3 Å². The second-order valence-electron chi connectivity index (χ2n) is 5.71. The van der Waals surface area contributed by atoms with Crippen molar-refractivity contribution in [2.24, 2.45) is 0 Å². The number of alkyl halides is 3. The molecule has 0 saturated carbocycles. The van der Waals surface area contributed by atoms with Gasteiger partial charge in [0.1, 0.15) is 0 Å². The number of carbonyl (C=O) groups excluding carboxylic acids is 2. The summed E-state index contributed by atoms with van der Waals surface area (Å²) < 4.78 is 35.3. The number of benzene rings is 1. The van der Waals surface area contributed by atoms with Crippen LogP contribution in [0.1, 0.15) is 16.1 Å². The Kier molecular flexibility index (Phi) is 8.57. The van der Waals surface area contributed by atoms with Crippen LogP contribution in [-0.2, 0) is 4.79 Å². The topological polar surface area (TPSA) is 59.9 Å². The molecule has 0 aliphatic carbocycles. The van der Waals surface area contributed by atoms with E-state index in [-0.39, 0.29) is 54.3 Å².